The number of hydrogen-bond acceptors (Lipinski definition) is 6. The Bertz CT molecular complexity index is 880. The highest BCUT2D eigenvalue weighted by Crippen LogP contribution is 2.29. The molecule has 0 saturated carbocycles. The molecule has 2 aromatic rings. The molecule has 0 spiro atoms. The summed E-state index contributed by atoms with van der Waals surface area (Å²) in [5.74, 6) is 2.45. The van der Waals surface area contributed by atoms with Crippen LogP contribution in [-0.2, 0) is 23.2 Å². The van der Waals surface area contributed by atoms with Gasteiger partial charge in [0.25, 0.3) is 0 Å². The third-order valence-corrected chi connectivity index (χ3v) is 6.19. The van der Waals surface area contributed by atoms with Crippen LogP contribution >= 0.6 is 11.8 Å². The number of hydrogen-bond donors (Lipinski definition) is 0. The number of halogens is 3. The van der Waals surface area contributed by atoms with Crippen molar-refractivity contribution >= 4 is 11.8 Å². The van der Waals surface area contributed by atoms with Crippen molar-refractivity contribution in [2.75, 3.05) is 38.7 Å². The summed E-state index contributed by atoms with van der Waals surface area (Å²) in [7, 11) is 0. The molecular weight excluding hydrogens is 443 g/mol. The lowest BCUT2D eigenvalue weighted by atomic mass is 10.1. The van der Waals surface area contributed by atoms with Gasteiger partial charge in [-0.3, -0.25) is 9.69 Å². The third-order valence-electron chi connectivity index (χ3n) is 5.08. The van der Waals surface area contributed by atoms with Crippen molar-refractivity contribution in [1.82, 2.24) is 4.90 Å². The largest absolute Gasteiger partial charge is 0.487 e. The van der Waals surface area contributed by atoms with E-state index in [-0.39, 0.29) is 11.2 Å². The van der Waals surface area contributed by atoms with Crippen LogP contribution in [0.3, 0.4) is 0 Å². The lowest BCUT2D eigenvalue weighted by Gasteiger charge is -2.25. The maximum Gasteiger partial charge on any atom is 0.416 e. The van der Waals surface area contributed by atoms with E-state index in [1.807, 2.05) is 0 Å². The van der Waals surface area contributed by atoms with Crippen LogP contribution < -0.4 is 10.2 Å². The summed E-state index contributed by atoms with van der Waals surface area (Å²) in [4.78, 5) is 14.4. The summed E-state index contributed by atoms with van der Waals surface area (Å²) in [6, 6.07) is 6.80. The number of thioether (sulfide) groups is 1. The van der Waals surface area contributed by atoms with E-state index in [4.69, 9.17) is 13.9 Å². The Balaban J connectivity index is 1.26. The van der Waals surface area contributed by atoms with Crippen molar-refractivity contribution in [2.45, 2.75) is 37.7 Å². The Morgan fingerprint density at radius 3 is 2.50 bits per heavy atom. The molecule has 1 aliphatic heterocycles. The second-order valence-corrected chi connectivity index (χ2v) is 8.72. The van der Waals surface area contributed by atoms with E-state index < -0.39 is 11.7 Å². The minimum atomic E-state index is -4.29. The minimum absolute atomic E-state index is 0.174. The van der Waals surface area contributed by atoms with Crippen LogP contribution in [0.5, 0.6) is 5.75 Å². The molecule has 1 aromatic carbocycles. The fourth-order valence-electron chi connectivity index (χ4n) is 3.25. The number of benzene rings is 1. The first kappa shape index (κ1) is 24.7. The van der Waals surface area contributed by atoms with Crippen molar-refractivity contribution in [1.29, 1.82) is 0 Å². The van der Waals surface area contributed by atoms with Crippen LogP contribution in [0.1, 0.15) is 36.1 Å². The quantitative estimate of drug-likeness (QED) is 0.431. The average molecular weight is 472 g/mol. The number of unbranched alkanes of at least 4 members (excludes halogenated alkanes) is 2. The van der Waals surface area contributed by atoms with Gasteiger partial charge in [0.2, 0.25) is 11.2 Å². The Morgan fingerprint density at radius 1 is 1.06 bits per heavy atom. The molecule has 1 fully saturated rings. The highest BCUT2D eigenvalue weighted by molar-refractivity contribution is 7.98. The van der Waals surface area contributed by atoms with Gasteiger partial charge < -0.3 is 13.9 Å². The monoisotopic (exact) mass is 471 g/mol. The molecule has 1 aromatic heterocycles. The first-order valence-corrected chi connectivity index (χ1v) is 11.9. The SMILES string of the molecule is O=c1cc(CN2CCOCC2)occ1OCCCCCSCc1ccc(C(F)(F)F)cc1. The Morgan fingerprint density at radius 2 is 1.81 bits per heavy atom. The zero-order chi connectivity index (χ0) is 22.8. The maximum absolute atomic E-state index is 12.6. The molecule has 0 unspecified atom stereocenters. The molecule has 0 N–H and O–H groups in total. The van der Waals surface area contributed by atoms with Gasteiger partial charge in [-0.2, -0.15) is 24.9 Å². The Kier molecular flexibility index (Phi) is 9.50. The first-order valence-electron chi connectivity index (χ1n) is 10.7. The van der Waals surface area contributed by atoms with Crippen molar-refractivity contribution in [3.63, 3.8) is 0 Å². The van der Waals surface area contributed by atoms with E-state index in [1.165, 1.54) is 24.5 Å². The van der Waals surface area contributed by atoms with Crippen LogP contribution in [0.4, 0.5) is 13.2 Å². The lowest BCUT2D eigenvalue weighted by Crippen LogP contribution is -2.35. The first-order chi connectivity index (χ1) is 15.4. The summed E-state index contributed by atoms with van der Waals surface area (Å²) in [5, 5.41) is 0. The Labute approximate surface area is 189 Å². The van der Waals surface area contributed by atoms with Gasteiger partial charge in [0.15, 0.2) is 0 Å². The third kappa shape index (κ3) is 8.18. The molecule has 3 rings (SSSR count). The van der Waals surface area contributed by atoms with Crippen molar-refractivity contribution in [3.8, 4) is 5.75 Å². The van der Waals surface area contributed by atoms with Gasteiger partial charge in [-0.15, -0.1) is 0 Å². The van der Waals surface area contributed by atoms with Gasteiger partial charge in [0.1, 0.15) is 12.0 Å². The molecule has 0 radical (unpaired) electrons. The number of rotatable bonds is 11. The molecule has 32 heavy (non-hydrogen) atoms. The van der Waals surface area contributed by atoms with Gasteiger partial charge in [-0.05, 0) is 42.7 Å². The standard InChI is InChI=1S/C23H28F3NO4S/c24-23(25,26)19-6-4-18(5-7-19)17-32-13-3-1-2-10-30-22-16-31-20(14-21(22)28)15-27-8-11-29-12-9-27/h4-7,14,16H,1-3,8-13,15,17H2. The van der Waals surface area contributed by atoms with Crippen molar-refractivity contribution in [3.05, 3.63) is 63.7 Å². The molecule has 0 amide bonds. The summed E-state index contributed by atoms with van der Waals surface area (Å²) >= 11 is 1.69. The van der Waals surface area contributed by atoms with Crippen LogP contribution in [-0.4, -0.2) is 43.6 Å². The van der Waals surface area contributed by atoms with E-state index in [0.29, 0.717) is 37.9 Å². The maximum atomic E-state index is 12.6. The summed E-state index contributed by atoms with van der Waals surface area (Å²) < 4.78 is 54.1. The zero-order valence-electron chi connectivity index (χ0n) is 17.9. The van der Waals surface area contributed by atoms with Crippen molar-refractivity contribution < 1.29 is 27.1 Å². The number of alkyl halides is 3. The number of morpholine rings is 1. The molecular formula is C23H28F3NO4S. The van der Waals surface area contributed by atoms with E-state index >= 15 is 0 Å². The summed E-state index contributed by atoms with van der Waals surface area (Å²) in [6.45, 7) is 4.06. The van der Waals surface area contributed by atoms with E-state index in [0.717, 1.165) is 55.8 Å². The molecule has 5 nitrogen and oxygen atoms in total. The molecule has 0 aliphatic carbocycles. The number of ether oxygens (including phenoxy) is 2. The average Bonchev–Trinajstić information content (AvgIpc) is 2.77. The van der Waals surface area contributed by atoms with Gasteiger partial charge in [0.05, 0.1) is 31.9 Å². The van der Waals surface area contributed by atoms with E-state index in [2.05, 4.69) is 4.90 Å². The highest BCUT2D eigenvalue weighted by Gasteiger charge is 2.29. The minimum Gasteiger partial charge on any atom is -0.487 e. The van der Waals surface area contributed by atoms with Gasteiger partial charge >= 0.3 is 6.18 Å². The zero-order valence-corrected chi connectivity index (χ0v) is 18.7. The predicted molar refractivity (Wildman–Crippen MR) is 118 cm³/mol. The normalized spacial score (nSPS) is 15.1. The van der Waals surface area contributed by atoms with Gasteiger partial charge in [-0.25, -0.2) is 0 Å². The van der Waals surface area contributed by atoms with Crippen molar-refractivity contribution in [2.24, 2.45) is 0 Å². The predicted octanol–water partition coefficient (Wildman–Crippen LogP) is 4.97. The van der Waals surface area contributed by atoms with Crippen LogP contribution in [0, 0.1) is 0 Å². The second-order valence-electron chi connectivity index (χ2n) is 7.62. The smallest absolute Gasteiger partial charge is 0.416 e. The summed E-state index contributed by atoms with van der Waals surface area (Å²) in [5.41, 5.74) is 0.0914. The lowest BCUT2D eigenvalue weighted by molar-refractivity contribution is -0.137. The molecule has 2 heterocycles. The summed E-state index contributed by atoms with van der Waals surface area (Å²) in [6.07, 6.45) is -0.171. The molecule has 176 valence electrons. The van der Waals surface area contributed by atoms with E-state index in [1.54, 1.807) is 11.8 Å². The van der Waals surface area contributed by atoms with Gasteiger partial charge in [-0.1, -0.05) is 12.1 Å². The fourth-order valence-corrected chi connectivity index (χ4v) is 4.23. The number of nitrogens with zero attached hydrogens (tertiary/aromatic N) is 1. The van der Waals surface area contributed by atoms with Crippen LogP contribution in [0.25, 0.3) is 0 Å². The van der Waals surface area contributed by atoms with E-state index in [9.17, 15) is 18.0 Å². The Hall–Kier alpha value is -1.97. The molecule has 0 atom stereocenters. The topological polar surface area (TPSA) is 51.9 Å². The molecule has 1 saturated heterocycles. The second kappa shape index (κ2) is 12.3. The van der Waals surface area contributed by atoms with Crippen LogP contribution in [0.15, 0.2) is 45.8 Å². The van der Waals surface area contributed by atoms with Gasteiger partial charge in [0, 0.05) is 24.9 Å². The molecule has 9 heteroatoms. The van der Waals surface area contributed by atoms with Crippen LogP contribution in [0.2, 0.25) is 0 Å². The highest BCUT2D eigenvalue weighted by atomic mass is 32.2. The molecule has 0 bridgehead atoms. The fraction of sp³-hybridized carbons (Fsp3) is 0.522. The molecule has 1 aliphatic rings.